The van der Waals surface area contributed by atoms with Crippen molar-refractivity contribution in [2.24, 2.45) is 0 Å². The molecule has 21 heavy (non-hydrogen) atoms. The Balaban J connectivity index is 1.88. The molecule has 3 rings (SSSR count). The molecule has 0 aliphatic rings. The van der Waals surface area contributed by atoms with Gasteiger partial charge in [0.2, 0.25) is 0 Å². The van der Waals surface area contributed by atoms with E-state index in [1.807, 2.05) is 24.3 Å². The summed E-state index contributed by atoms with van der Waals surface area (Å²) in [5, 5.41) is 4.00. The van der Waals surface area contributed by atoms with Crippen molar-refractivity contribution in [1.82, 2.24) is 10.1 Å². The largest absolute Gasteiger partial charge is 0.399 e. The zero-order valence-electron chi connectivity index (χ0n) is 11.1. The Hall–Kier alpha value is -2.34. The molecule has 0 saturated heterocycles. The summed E-state index contributed by atoms with van der Waals surface area (Å²) >= 11 is 3.51. The number of nitrogens with two attached hydrogens (primary N) is 2. The minimum atomic E-state index is 0.413. The quantitative estimate of drug-likeness (QED) is 0.711. The Morgan fingerprint density at radius 2 is 1.76 bits per heavy atom. The van der Waals surface area contributed by atoms with Gasteiger partial charge in [0, 0.05) is 27.8 Å². The van der Waals surface area contributed by atoms with Crippen LogP contribution in [0.3, 0.4) is 0 Å². The lowest BCUT2D eigenvalue weighted by atomic mass is 10.1. The van der Waals surface area contributed by atoms with E-state index in [0.717, 1.165) is 15.6 Å². The van der Waals surface area contributed by atoms with Crippen molar-refractivity contribution in [1.29, 1.82) is 0 Å². The summed E-state index contributed by atoms with van der Waals surface area (Å²) in [6, 6.07) is 13.1. The van der Waals surface area contributed by atoms with Gasteiger partial charge in [0.15, 0.2) is 5.82 Å². The summed E-state index contributed by atoms with van der Waals surface area (Å²) in [7, 11) is 0. The second-order valence-corrected chi connectivity index (χ2v) is 5.53. The highest BCUT2D eigenvalue weighted by molar-refractivity contribution is 9.10. The van der Waals surface area contributed by atoms with E-state index in [4.69, 9.17) is 16.0 Å². The number of anilines is 2. The lowest BCUT2D eigenvalue weighted by Crippen LogP contribution is -1.93. The van der Waals surface area contributed by atoms with Crippen molar-refractivity contribution in [2.45, 2.75) is 6.42 Å². The van der Waals surface area contributed by atoms with Gasteiger partial charge in [-0.15, -0.1) is 0 Å². The van der Waals surface area contributed by atoms with Crippen molar-refractivity contribution in [3.63, 3.8) is 0 Å². The van der Waals surface area contributed by atoms with E-state index in [1.54, 1.807) is 18.2 Å². The van der Waals surface area contributed by atoms with E-state index in [-0.39, 0.29) is 0 Å². The molecule has 0 spiro atoms. The van der Waals surface area contributed by atoms with Gasteiger partial charge in [-0.1, -0.05) is 39.3 Å². The first kappa shape index (κ1) is 13.6. The molecule has 4 N–H and O–H groups in total. The van der Waals surface area contributed by atoms with Gasteiger partial charge in [-0.2, -0.15) is 4.98 Å². The number of hydrogen-bond acceptors (Lipinski definition) is 5. The van der Waals surface area contributed by atoms with Crippen LogP contribution in [0.25, 0.3) is 11.5 Å². The van der Waals surface area contributed by atoms with Crippen LogP contribution < -0.4 is 11.5 Å². The Morgan fingerprint density at radius 1 is 1.05 bits per heavy atom. The molecule has 0 aliphatic heterocycles. The first-order valence-corrected chi connectivity index (χ1v) is 7.13. The third-order valence-electron chi connectivity index (χ3n) is 3.00. The van der Waals surface area contributed by atoms with Gasteiger partial charge in [0.1, 0.15) is 0 Å². The Morgan fingerprint density at radius 3 is 2.48 bits per heavy atom. The maximum absolute atomic E-state index is 5.77. The molecule has 0 saturated carbocycles. The van der Waals surface area contributed by atoms with Crippen LogP contribution >= 0.6 is 15.9 Å². The van der Waals surface area contributed by atoms with Crippen molar-refractivity contribution in [3.8, 4) is 11.5 Å². The van der Waals surface area contributed by atoms with Crippen LogP contribution in [0.2, 0.25) is 0 Å². The average Bonchev–Trinajstić information content (AvgIpc) is 2.89. The summed E-state index contributed by atoms with van der Waals surface area (Å²) in [4.78, 5) is 4.39. The van der Waals surface area contributed by atoms with E-state index in [9.17, 15) is 0 Å². The second-order valence-electron chi connectivity index (χ2n) is 4.67. The van der Waals surface area contributed by atoms with E-state index in [2.05, 4.69) is 26.1 Å². The lowest BCUT2D eigenvalue weighted by molar-refractivity contribution is 0.424. The van der Waals surface area contributed by atoms with E-state index in [0.29, 0.717) is 29.5 Å². The van der Waals surface area contributed by atoms with Crippen LogP contribution in [0, 0.1) is 0 Å². The predicted molar refractivity (Wildman–Crippen MR) is 85.5 cm³/mol. The van der Waals surface area contributed by atoms with Crippen LogP contribution in [0.4, 0.5) is 11.4 Å². The first-order chi connectivity index (χ1) is 10.1. The van der Waals surface area contributed by atoms with Crippen LogP contribution in [0.15, 0.2) is 51.5 Å². The third kappa shape index (κ3) is 3.05. The zero-order valence-corrected chi connectivity index (χ0v) is 12.7. The molecule has 2 aromatic carbocycles. The van der Waals surface area contributed by atoms with Crippen LogP contribution in [-0.4, -0.2) is 10.1 Å². The Labute approximate surface area is 130 Å². The number of halogens is 1. The Bertz CT molecular complexity index is 765. The number of benzene rings is 2. The van der Waals surface area contributed by atoms with E-state index in [1.165, 1.54) is 0 Å². The molecule has 1 aromatic heterocycles. The molecular formula is C15H13BrN4O. The molecular weight excluding hydrogens is 332 g/mol. The lowest BCUT2D eigenvalue weighted by Gasteiger charge is -2.00. The van der Waals surface area contributed by atoms with Gasteiger partial charge in [0.05, 0.1) is 0 Å². The maximum Gasteiger partial charge on any atom is 0.258 e. The van der Waals surface area contributed by atoms with E-state index >= 15 is 0 Å². The van der Waals surface area contributed by atoms with Crippen molar-refractivity contribution >= 4 is 27.3 Å². The van der Waals surface area contributed by atoms with Gasteiger partial charge in [0.25, 0.3) is 5.89 Å². The fraction of sp³-hybridized carbons (Fsp3) is 0.0667. The molecule has 5 nitrogen and oxygen atoms in total. The highest BCUT2D eigenvalue weighted by atomic mass is 79.9. The monoisotopic (exact) mass is 344 g/mol. The topological polar surface area (TPSA) is 91.0 Å². The molecule has 0 amide bonds. The number of hydrogen-bond donors (Lipinski definition) is 2. The van der Waals surface area contributed by atoms with Crippen molar-refractivity contribution < 1.29 is 4.52 Å². The normalized spacial score (nSPS) is 10.7. The predicted octanol–water partition coefficient (Wildman–Crippen LogP) is 3.25. The Kier molecular flexibility index (Phi) is 3.62. The fourth-order valence-electron chi connectivity index (χ4n) is 2.06. The minimum Gasteiger partial charge on any atom is -0.399 e. The minimum absolute atomic E-state index is 0.413. The molecule has 3 aromatic rings. The number of aromatic nitrogens is 2. The molecule has 0 aliphatic carbocycles. The summed E-state index contributed by atoms with van der Waals surface area (Å²) in [5.41, 5.74) is 14.5. The SMILES string of the molecule is Nc1cc(N)cc(-c2nc(Cc3ccccc3Br)no2)c1. The molecule has 0 fully saturated rings. The zero-order chi connectivity index (χ0) is 14.8. The highest BCUT2D eigenvalue weighted by Crippen LogP contribution is 2.24. The smallest absolute Gasteiger partial charge is 0.258 e. The highest BCUT2D eigenvalue weighted by Gasteiger charge is 2.11. The van der Waals surface area contributed by atoms with Crippen LogP contribution in [-0.2, 0) is 6.42 Å². The maximum atomic E-state index is 5.77. The molecule has 1 heterocycles. The molecule has 106 valence electrons. The van der Waals surface area contributed by atoms with Gasteiger partial charge < -0.3 is 16.0 Å². The van der Waals surface area contributed by atoms with Crippen LogP contribution in [0.5, 0.6) is 0 Å². The van der Waals surface area contributed by atoms with Gasteiger partial charge >= 0.3 is 0 Å². The van der Waals surface area contributed by atoms with Crippen molar-refractivity contribution in [2.75, 3.05) is 11.5 Å². The molecule has 0 unspecified atom stereocenters. The molecule has 0 atom stereocenters. The summed E-state index contributed by atoms with van der Waals surface area (Å²) in [6.45, 7) is 0. The average molecular weight is 345 g/mol. The molecule has 0 bridgehead atoms. The van der Waals surface area contributed by atoms with Crippen LogP contribution in [0.1, 0.15) is 11.4 Å². The van der Waals surface area contributed by atoms with Crippen molar-refractivity contribution in [3.05, 3.63) is 58.3 Å². The van der Waals surface area contributed by atoms with Gasteiger partial charge in [-0.05, 0) is 29.8 Å². The summed E-state index contributed by atoms with van der Waals surface area (Å²) in [6.07, 6.45) is 0.586. The number of rotatable bonds is 3. The standard InChI is InChI=1S/C15H13BrN4O/c16-13-4-2-1-3-9(13)7-14-19-15(21-20-14)10-5-11(17)8-12(18)6-10/h1-6,8H,7,17-18H2. The fourth-order valence-corrected chi connectivity index (χ4v) is 2.48. The van der Waals surface area contributed by atoms with Gasteiger partial charge in [-0.3, -0.25) is 0 Å². The summed E-state index contributed by atoms with van der Waals surface area (Å²) in [5.74, 6) is 1.02. The second kappa shape index (κ2) is 5.57. The third-order valence-corrected chi connectivity index (χ3v) is 3.77. The number of nitrogen functional groups attached to an aromatic ring is 2. The molecule has 6 heteroatoms. The summed E-state index contributed by atoms with van der Waals surface area (Å²) < 4.78 is 6.30. The number of nitrogens with zero attached hydrogens (tertiary/aromatic N) is 2. The first-order valence-electron chi connectivity index (χ1n) is 6.34. The molecule has 0 radical (unpaired) electrons. The van der Waals surface area contributed by atoms with E-state index < -0.39 is 0 Å². The van der Waals surface area contributed by atoms with Gasteiger partial charge in [-0.25, -0.2) is 0 Å².